The molecule has 154 valence electrons. The van der Waals surface area contributed by atoms with E-state index in [0.717, 1.165) is 30.2 Å². The Morgan fingerprint density at radius 1 is 1.07 bits per heavy atom. The molecule has 4 N–H and O–H groups in total. The van der Waals surface area contributed by atoms with Gasteiger partial charge in [0.25, 0.3) is 0 Å². The van der Waals surface area contributed by atoms with Crippen LogP contribution in [0.4, 0.5) is 5.69 Å². The predicted molar refractivity (Wildman–Crippen MR) is 114 cm³/mol. The van der Waals surface area contributed by atoms with Crippen molar-refractivity contribution in [2.75, 3.05) is 12.3 Å². The normalized spacial score (nSPS) is 15.2. The van der Waals surface area contributed by atoms with E-state index in [1.165, 1.54) is 0 Å². The van der Waals surface area contributed by atoms with Gasteiger partial charge in [-0.2, -0.15) is 0 Å². The Balaban J connectivity index is 0.00000240. The van der Waals surface area contributed by atoms with Crippen LogP contribution in [0.15, 0.2) is 51.7 Å². The first kappa shape index (κ1) is 21.2. The van der Waals surface area contributed by atoms with E-state index in [0.29, 0.717) is 34.6 Å². The number of fused-ring (bicyclic) bond motifs is 3. The van der Waals surface area contributed by atoms with Crippen molar-refractivity contribution in [2.24, 2.45) is 0 Å². The Labute approximate surface area is 174 Å². The zero-order valence-corrected chi connectivity index (χ0v) is 16.7. The van der Waals surface area contributed by atoms with Crippen LogP contribution >= 0.6 is 12.4 Å². The van der Waals surface area contributed by atoms with E-state index in [1.807, 2.05) is 0 Å². The van der Waals surface area contributed by atoms with Gasteiger partial charge in [0.05, 0.1) is 0 Å². The highest BCUT2D eigenvalue weighted by molar-refractivity contribution is 5.86. The second-order valence-corrected chi connectivity index (χ2v) is 7.17. The van der Waals surface area contributed by atoms with E-state index in [2.05, 4.69) is 0 Å². The molecule has 1 heterocycles. The number of hydrogen-bond donors (Lipinski definition) is 3. The van der Waals surface area contributed by atoms with Gasteiger partial charge >= 0.3 is 5.63 Å². The summed E-state index contributed by atoms with van der Waals surface area (Å²) < 4.78 is 11.1. The van der Waals surface area contributed by atoms with Gasteiger partial charge in [0.15, 0.2) is 0 Å². The Morgan fingerprint density at radius 3 is 2.55 bits per heavy atom. The molecular weight excluding hydrogens is 394 g/mol. The van der Waals surface area contributed by atoms with Crippen molar-refractivity contribution >= 4 is 29.1 Å². The fourth-order valence-corrected chi connectivity index (χ4v) is 3.85. The Kier molecular flexibility index (Phi) is 6.47. The zero-order chi connectivity index (χ0) is 19.7. The SMILES string of the molecule is Cl.Nc1cccc(OCC(O)C(O)c2cccc3oc(=O)c4c(c23)CCCC4)c1. The molecule has 1 aromatic heterocycles. The first-order chi connectivity index (χ1) is 13.5. The molecule has 0 radical (unpaired) electrons. The molecule has 2 aromatic carbocycles. The van der Waals surface area contributed by atoms with Crippen molar-refractivity contribution < 1.29 is 19.4 Å². The van der Waals surface area contributed by atoms with Gasteiger partial charge < -0.3 is 25.1 Å². The van der Waals surface area contributed by atoms with Crippen LogP contribution in [-0.4, -0.2) is 22.9 Å². The summed E-state index contributed by atoms with van der Waals surface area (Å²) in [6.45, 7) is -0.0972. The van der Waals surface area contributed by atoms with Crippen molar-refractivity contribution in [3.8, 4) is 5.75 Å². The molecular formula is C22H24ClNO5. The third kappa shape index (κ3) is 4.24. The molecule has 0 fully saturated rings. The summed E-state index contributed by atoms with van der Waals surface area (Å²) in [5.74, 6) is 0.521. The van der Waals surface area contributed by atoms with Gasteiger partial charge in [-0.1, -0.05) is 18.2 Å². The summed E-state index contributed by atoms with van der Waals surface area (Å²) in [6.07, 6.45) is 1.04. The standard InChI is InChI=1S/C22H23NO5.ClH/c23-13-5-3-6-14(11-13)27-12-18(24)21(25)17-9-4-10-19-20(17)15-7-1-2-8-16(15)22(26)28-19;/h3-6,9-11,18,21,24-25H,1-2,7-8,12,23H2;1H. The van der Waals surface area contributed by atoms with Crippen LogP contribution in [0.1, 0.15) is 35.6 Å². The maximum atomic E-state index is 12.3. The van der Waals surface area contributed by atoms with E-state index < -0.39 is 12.2 Å². The van der Waals surface area contributed by atoms with Crippen molar-refractivity contribution in [3.63, 3.8) is 0 Å². The Morgan fingerprint density at radius 2 is 1.79 bits per heavy atom. The van der Waals surface area contributed by atoms with Gasteiger partial charge in [-0.25, -0.2) is 4.79 Å². The second kappa shape index (κ2) is 8.86. The largest absolute Gasteiger partial charge is 0.491 e. The number of benzene rings is 2. The topological polar surface area (TPSA) is 106 Å². The van der Waals surface area contributed by atoms with Gasteiger partial charge in [-0.05, 0) is 55.0 Å². The molecule has 4 rings (SSSR count). The van der Waals surface area contributed by atoms with Gasteiger partial charge in [0, 0.05) is 22.7 Å². The molecule has 2 unspecified atom stereocenters. The predicted octanol–water partition coefficient (Wildman–Crippen LogP) is 3.15. The number of aliphatic hydroxyl groups excluding tert-OH is 2. The molecule has 0 bridgehead atoms. The van der Waals surface area contributed by atoms with Crippen LogP contribution in [0, 0.1) is 0 Å². The first-order valence-electron chi connectivity index (χ1n) is 9.46. The lowest BCUT2D eigenvalue weighted by molar-refractivity contribution is -0.00831. The van der Waals surface area contributed by atoms with E-state index in [9.17, 15) is 15.0 Å². The molecule has 0 spiro atoms. The van der Waals surface area contributed by atoms with E-state index in [1.54, 1.807) is 42.5 Å². The maximum absolute atomic E-state index is 12.3. The first-order valence-corrected chi connectivity index (χ1v) is 9.46. The second-order valence-electron chi connectivity index (χ2n) is 7.17. The molecule has 6 nitrogen and oxygen atoms in total. The average Bonchev–Trinajstić information content (AvgIpc) is 2.71. The minimum absolute atomic E-state index is 0. The van der Waals surface area contributed by atoms with Gasteiger partial charge in [0.1, 0.15) is 30.1 Å². The molecule has 1 aliphatic carbocycles. The number of aryl methyl sites for hydroxylation is 1. The number of halogens is 1. The fourth-order valence-electron chi connectivity index (χ4n) is 3.85. The minimum atomic E-state index is -1.18. The van der Waals surface area contributed by atoms with Crippen LogP contribution in [0.2, 0.25) is 0 Å². The minimum Gasteiger partial charge on any atom is -0.491 e. The molecule has 0 amide bonds. The summed E-state index contributed by atoms with van der Waals surface area (Å²) in [4.78, 5) is 12.3. The Bertz CT molecular complexity index is 1060. The quantitative estimate of drug-likeness (QED) is 0.435. The lowest BCUT2D eigenvalue weighted by Gasteiger charge is -2.23. The average molecular weight is 418 g/mol. The molecule has 0 saturated carbocycles. The molecule has 0 aliphatic heterocycles. The highest BCUT2D eigenvalue weighted by Crippen LogP contribution is 2.33. The lowest BCUT2D eigenvalue weighted by Crippen LogP contribution is -2.26. The number of nitrogen functional groups attached to an aromatic ring is 1. The number of rotatable bonds is 5. The molecule has 0 saturated heterocycles. The summed E-state index contributed by atoms with van der Waals surface area (Å²) >= 11 is 0. The summed E-state index contributed by atoms with van der Waals surface area (Å²) in [6, 6.07) is 12.1. The van der Waals surface area contributed by atoms with Crippen molar-refractivity contribution in [3.05, 3.63) is 69.6 Å². The van der Waals surface area contributed by atoms with Gasteiger partial charge in [0.2, 0.25) is 0 Å². The molecule has 2 atom stereocenters. The molecule has 29 heavy (non-hydrogen) atoms. The van der Waals surface area contributed by atoms with Crippen LogP contribution in [-0.2, 0) is 12.8 Å². The lowest BCUT2D eigenvalue weighted by atomic mass is 9.87. The van der Waals surface area contributed by atoms with Gasteiger partial charge in [-0.3, -0.25) is 0 Å². The van der Waals surface area contributed by atoms with E-state index >= 15 is 0 Å². The van der Waals surface area contributed by atoms with Crippen LogP contribution in [0.5, 0.6) is 5.75 Å². The van der Waals surface area contributed by atoms with Crippen LogP contribution in [0.3, 0.4) is 0 Å². The summed E-state index contributed by atoms with van der Waals surface area (Å²) in [7, 11) is 0. The third-order valence-electron chi connectivity index (χ3n) is 5.24. The summed E-state index contributed by atoms with van der Waals surface area (Å²) in [5, 5.41) is 22.1. The third-order valence-corrected chi connectivity index (χ3v) is 5.24. The smallest absolute Gasteiger partial charge is 0.339 e. The van der Waals surface area contributed by atoms with Crippen molar-refractivity contribution in [2.45, 2.75) is 37.9 Å². The Hall–Kier alpha value is -2.54. The monoisotopic (exact) mass is 417 g/mol. The van der Waals surface area contributed by atoms with E-state index in [4.69, 9.17) is 14.9 Å². The van der Waals surface area contributed by atoms with E-state index in [-0.39, 0.29) is 24.6 Å². The molecule has 1 aliphatic rings. The number of nitrogens with two attached hydrogens (primary N) is 1. The van der Waals surface area contributed by atoms with Crippen molar-refractivity contribution in [1.82, 2.24) is 0 Å². The summed E-state index contributed by atoms with van der Waals surface area (Å²) in [5.41, 5.74) is 8.57. The maximum Gasteiger partial charge on any atom is 0.339 e. The number of ether oxygens (including phenoxy) is 1. The number of hydrogen-bond acceptors (Lipinski definition) is 6. The molecule has 7 heteroatoms. The molecule has 3 aromatic rings. The number of anilines is 1. The van der Waals surface area contributed by atoms with Crippen LogP contribution < -0.4 is 16.1 Å². The fraction of sp³-hybridized carbons (Fsp3) is 0.318. The van der Waals surface area contributed by atoms with Crippen molar-refractivity contribution in [1.29, 1.82) is 0 Å². The van der Waals surface area contributed by atoms with Crippen LogP contribution in [0.25, 0.3) is 11.0 Å². The highest BCUT2D eigenvalue weighted by Gasteiger charge is 2.26. The van der Waals surface area contributed by atoms with Gasteiger partial charge in [-0.15, -0.1) is 12.4 Å². The highest BCUT2D eigenvalue weighted by atomic mass is 35.5. The number of aliphatic hydroxyl groups is 2. The zero-order valence-electron chi connectivity index (χ0n) is 15.8.